The van der Waals surface area contributed by atoms with Crippen molar-refractivity contribution in [2.45, 2.75) is 19.8 Å². The number of rotatable bonds is 8. The van der Waals surface area contributed by atoms with Gasteiger partial charge < -0.3 is 14.8 Å². The van der Waals surface area contributed by atoms with Crippen LogP contribution in [0.4, 0.5) is 13.2 Å². The number of alkyl halides is 3. The molecule has 0 aromatic heterocycles. The van der Waals surface area contributed by atoms with E-state index in [9.17, 15) is 13.2 Å². The second-order valence-corrected chi connectivity index (χ2v) is 3.91. The lowest BCUT2D eigenvalue weighted by Gasteiger charge is -2.13. The molecular weight excluding hydrogens is 275 g/mol. The Morgan fingerprint density at radius 3 is 2.50 bits per heavy atom. The molecule has 0 heterocycles. The third kappa shape index (κ3) is 6.12. The Kier molecular flexibility index (Phi) is 6.60. The van der Waals surface area contributed by atoms with E-state index < -0.39 is 13.0 Å². The van der Waals surface area contributed by atoms with E-state index in [1.807, 2.05) is 13.0 Å². The molecule has 7 heteroatoms. The third-order valence-electron chi connectivity index (χ3n) is 2.41. The zero-order chi connectivity index (χ0) is 15.0. The van der Waals surface area contributed by atoms with Gasteiger partial charge in [0.2, 0.25) is 0 Å². The van der Waals surface area contributed by atoms with E-state index in [4.69, 9.17) is 9.47 Å². The molecule has 114 valence electrons. The lowest BCUT2D eigenvalue weighted by molar-refractivity contribution is -0.325. The lowest BCUT2D eigenvalue weighted by atomic mass is 10.2. The maximum Gasteiger partial charge on any atom is 0.522 e. The van der Waals surface area contributed by atoms with Crippen LogP contribution in [0, 0.1) is 0 Å². The monoisotopic (exact) mass is 293 g/mol. The van der Waals surface area contributed by atoms with Crippen LogP contribution in [0.15, 0.2) is 18.2 Å². The Morgan fingerprint density at radius 1 is 1.15 bits per heavy atom. The standard InChI is InChI=1S/C13H18F3NO3/c1-3-17-9-10-4-5-11(18-2)12(8-10)19-6-7-20-13(14,15)16/h4-5,8,17H,3,6-7,9H2,1-2H3. The molecule has 0 bridgehead atoms. The first-order chi connectivity index (χ1) is 9.46. The maximum atomic E-state index is 11.8. The number of hydrogen-bond acceptors (Lipinski definition) is 4. The summed E-state index contributed by atoms with van der Waals surface area (Å²) in [4.78, 5) is 0. The highest BCUT2D eigenvalue weighted by Crippen LogP contribution is 2.28. The number of methoxy groups -OCH3 is 1. The van der Waals surface area contributed by atoms with Crippen molar-refractivity contribution in [3.63, 3.8) is 0 Å². The minimum absolute atomic E-state index is 0.208. The van der Waals surface area contributed by atoms with Gasteiger partial charge in [-0.25, -0.2) is 0 Å². The molecule has 0 fully saturated rings. The minimum Gasteiger partial charge on any atom is -0.493 e. The van der Waals surface area contributed by atoms with E-state index in [-0.39, 0.29) is 6.61 Å². The predicted molar refractivity (Wildman–Crippen MR) is 67.9 cm³/mol. The SMILES string of the molecule is CCNCc1ccc(OC)c(OCCOC(F)(F)F)c1. The molecular formula is C13H18F3NO3. The van der Waals surface area contributed by atoms with Gasteiger partial charge in [-0.3, -0.25) is 4.74 Å². The zero-order valence-electron chi connectivity index (χ0n) is 11.4. The van der Waals surface area contributed by atoms with Crippen molar-refractivity contribution in [2.75, 3.05) is 26.9 Å². The van der Waals surface area contributed by atoms with Gasteiger partial charge in [0.1, 0.15) is 6.61 Å². The molecule has 0 aliphatic rings. The Hall–Kier alpha value is -1.47. The average Bonchev–Trinajstić information content (AvgIpc) is 2.40. The molecule has 0 amide bonds. The van der Waals surface area contributed by atoms with E-state index in [0.29, 0.717) is 18.0 Å². The van der Waals surface area contributed by atoms with E-state index >= 15 is 0 Å². The van der Waals surface area contributed by atoms with Crippen molar-refractivity contribution in [3.05, 3.63) is 23.8 Å². The Bertz CT molecular complexity index is 410. The largest absolute Gasteiger partial charge is 0.522 e. The van der Waals surface area contributed by atoms with Crippen LogP contribution in [0.5, 0.6) is 11.5 Å². The van der Waals surface area contributed by atoms with E-state index in [2.05, 4.69) is 10.1 Å². The van der Waals surface area contributed by atoms with Gasteiger partial charge in [-0.2, -0.15) is 0 Å². The Balaban J connectivity index is 2.57. The number of ether oxygens (including phenoxy) is 3. The highest BCUT2D eigenvalue weighted by molar-refractivity contribution is 5.42. The second kappa shape index (κ2) is 7.96. The fourth-order valence-electron chi connectivity index (χ4n) is 1.52. The highest BCUT2D eigenvalue weighted by atomic mass is 19.4. The fourth-order valence-corrected chi connectivity index (χ4v) is 1.52. The number of benzene rings is 1. The summed E-state index contributed by atoms with van der Waals surface area (Å²) < 4.78 is 49.5. The van der Waals surface area contributed by atoms with Gasteiger partial charge in [0.25, 0.3) is 0 Å². The molecule has 0 saturated carbocycles. The molecule has 0 aliphatic carbocycles. The normalized spacial score (nSPS) is 11.4. The summed E-state index contributed by atoms with van der Waals surface area (Å²) in [6.45, 7) is 2.68. The summed E-state index contributed by atoms with van der Waals surface area (Å²) in [6.07, 6.45) is -4.64. The molecule has 1 aromatic rings. The zero-order valence-corrected chi connectivity index (χ0v) is 11.4. The topological polar surface area (TPSA) is 39.7 Å². The first-order valence-electron chi connectivity index (χ1n) is 6.17. The average molecular weight is 293 g/mol. The van der Waals surface area contributed by atoms with Crippen molar-refractivity contribution < 1.29 is 27.4 Å². The number of hydrogen-bond donors (Lipinski definition) is 1. The van der Waals surface area contributed by atoms with Crippen molar-refractivity contribution >= 4 is 0 Å². The van der Waals surface area contributed by atoms with Gasteiger partial charge in [0.05, 0.1) is 13.7 Å². The van der Waals surface area contributed by atoms with Crippen LogP contribution in [-0.4, -0.2) is 33.2 Å². The van der Waals surface area contributed by atoms with Crippen LogP contribution < -0.4 is 14.8 Å². The highest BCUT2D eigenvalue weighted by Gasteiger charge is 2.28. The summed E-state index contributed by atoms with van der Waals surface area (Å²) in [7, 11) is 1.47. The van der Waals surface area contributed by atoms with Crippen LogP contribution in [0.1, 0.15) is 12.5 Å². The van der Waals surface area contributed by atoms with Gasteiger partial charge in [-0.05, 0) is 24.2 Å². The molecule has 1 N–H and O–H groups in total. The van der Waals surface area contributed by atoms with Crippen LogP contribution in [0.2, 0.25) is 0 Å². The molecule has 0 aliphatic heterocycles. The van der Waals surface area contributed by atoms with Gasteiger partial charge in [-0.15, -0.1) is 13.2 Å². The second-order valence-electron chi connectivity index (χ2n) is 3.91. The Morgan fingerprint density at radius 2 is 1.90 bits per heavy atom. The van der Waals surface area contributed by atoms with Crippen molar-refractivity contribution in [1.82, 2.24) is 5.32 Å². The molecule has 0 spiro atoms. The van der Waals surface area contributed by atoms with E-state index in [0.717, 1.165) is 12.1 Å². The summed E-state index contributed by atoms with van der Waals surface area (Å²) in [5, 5.41) is 3.15. The van der Waals surface area contributed by atoms with Crippen molar-refractivity contribution in [3.8, 4) is 11.5 Å². The summed E-state index contributed by atoms with van der Waals surface area (Å²) >= 11 is 0. The first-order valence-corrected chi connectivity index (χ1v) is 6.17. The van der Waals surface area contributed by atoms with Gasteiger partial charge in [0, 0.05) is 6.54 Å². The van der Waals surface area contributed by atoms with Crippen LogP contribution in [-0.2, 0) is 11.3 Å². The fraction of sp³-hybridized carbons (Fsp3) is 0.538. The van der Waals surface area contributed by atoms with Gasteiger partial charge >= 0.3 is 6.36 Å². The molecule has 0 radical (unpaired) electrons. The summed E-state index contributed by atoms with van der Waals surface area (Å²) in [6, 6.07) is 5.31. The van der Waals surface area contributed by atoms with Gasteiger partial charge in [-0.1, -0.05) is 13.0 Å². The number of halogens is 3. The van der Waals surface area contributed by atoms with Crippen LogP contribution in [0.25, 0.3) is 0 Å². The molecule has 0 atom stereocenters. The smallest absolute Gasteiger partial charge is 0.493 e. The van der Waals surface area contributed by atoms with Gasteiger partial charge in [0.15, 0.2) is 11.5 Å². The molecule has 0 unspecified atom stereocenters. The van der Waals surface area contributed by atoms with Crippen molar-refractivity contribution in [1.29, 1.82) is 0 Å². The molecule has 1 rings (SSSR count). The first kappa shape index (κ1) is 16.6. The predicted octanol–water partition coefficient (Wildman–Crippen LogP) is 2.72. The summed E-state index contributed by atoms with van der Waals surface area (Å²) in [5.41, 5.74) is 0.958. The molecule has 1 aromatic carbocycles. The third-order valence-corrected chi connectivity index (χ3v) is 2.41. The number of nitrogens with one attached hydrogen (secondary N) is 1. The lowest BCUT2D eigenvalue weighted by Crippen LogP contribution is -2.18. The quantitative estimate of drug-likeness (QED) is 0.748. The maximum absolute atomic E-state index is 11.8. The minimum atomic E-state index is -4.64. The molecule has 20 heavy (non-hydrogen) atoms. The van der Waals surface area contributed by atoms with Crippen LogP contribution >= 0.6 is 0 Å². The van der Waals surface area contributed by atoms with Crippen molar-refractivity contribution in [2.24, 2.45) is 0 Å². The Labute approximate surface area is 115 Å². The summed E-state index contributed by atoms with van der Waals surface area (Å²) in [5.74, 6) is 0.867. The van der Waals surface area contributed by atoms with Crippen LogP contribution in [0.3, 0.4) is 0 Å². The van der Waals surface area contributed by atoms with E-state index in [1.54, 1.807) is 12.1 Å². The van der Waals surface area contributed by atoms with E-state index in [1.165, 1.54) is 7.11 Å². The molecule has 0 saturated heterocycles. The molecule has 4 nitrogen and oxygen atoms in total.